The van der Waals surface area contributed by atoms with Crippen LogP contribution in [0.5, 0.6) is 5.75 Å². The van der Waals surface area contributed by atoms with E-state index < -0.39 is 0 Å². The number of anilines is 1. The molecule has 8 heteroatoms. The summed E-state index contributed by atoms with van der Waals surface area (Å²) in [5.41, 5.74) is 2.72. The van der Waals surface area contributed by atoms with Gasteiger partial charge in [-0.15, -0.1) is 11.8 Å². The van der Waals surface area contributed by atoms with Crippen molar-refractivity contribution in [2.75, 3.05) is 17.8 Å². The van der Waals surface area contributed by atoms with E-state index in [1.165, 1.54) is 11.3 Å². The van der Waals surface area contributed by atoms with E-state index in [0.29, 0.717) is 23.8 Å². The molecule has 0 spiro atoms. The summed E-state index contributed by atoms with van der Waals surface area (Å²) in [7, 11) is 1.64. The molecular weight excluding hydrogens is 474 g/mol. The van der Waals surface area contributed by atoms with Crippen LogP contribution in [-0.2, 0) is 11.3 Å². The highest BCUT2D eigenvalue weighted by molar-refractivity contribution is 7.99. The maximum atomic E-state index is 13.3. The number of hydrogen-bond donors (Lipinski definition) is 0. The number of methoxy groups -OCH3 is 1. The van der Waals surface area contributed by atoms with Gasteiger partial charge in [-0.3, -0.25) is 14.7 Å². The molecule has 0 aliphatic heterocycles. The number of aryl methyl sites for hydroxylation is 1. The summed E-state index contributed by atoms with van der Waals surface area (Å²) in [5.74, 6) is 1.59. The lowest BCUT2D eigenvalue weighted by atomic mass is 10.2. The number of nitrogens with zero attached hydrogens (tertiary/aromatic N) is 3. The first-order chi connectivity index (χ1) is 16.0. The quantitative estimate of drug-likeness (QED) is 0.189. The summed E-state index contributed by atoms with van der Waals surface area (Å²) in [6.07, 6.45) is 2.93. The van der Waals surface area contributed by atoms with Gasteiger partial charge in [0, 0.05) is 22.5 Å². The highest BCUT2D eigenvalue weighted by Gasteiger charge is 2.22. The molecule has 0 aliphatic carbocycles. The van der Waals surface area contributed by atoms with Gasteiger partial charge in [0.1, 0.15) is 11.3 Å². The van der Waals surface area contributed by atoms with E-state index in [-0.39, 0.29) is 5.91 Å². The minimum Gasteiger partial charge on any atom is -0.494 e. The van der Waals surface area contributed by atoms with E-state index in [0.717, 1.165) is 43.6 Å². The van der Waals surface area contributed by atoms with E-state index in [1.807, 2.05) is 61.5 Å². The molecule has 33 heavy (non-hydrogen) atoms. The molecular formula is C25H24ClN3O2S2. The molecule has 2 aromatic heterocycles. The Morgan fingerprint density at radius 1 is 1.15 bits per heavy atom. The number of thiazole rings is 1. The van der Waals surface area contributed by atoms with Crippen LogP contribution in [0.15, 0.2) is 65.7 Å². The van der Waals surface area contributed by atoms with Crippen LogP contribution in [0.25, 0.3) is 10.2 Å². The number of halogens is 1. The number of aromatic nitrogens is 2. The lowest BCUT2D eigenvalue weighted by molar-refractivity contribution is -0.118. The second-order valence-electron chi connectivity index (χ2n) is 7.47. The zero-order valence-corrected chi connectivity index (χ0v) is 20.8. The van der Waals surface area contributed by atoms with Crippen molar-refractivity contribution in [1.82, 2.24) is 9.97 Å². The predicted octanol–water partition coefficient (Wildman–Crippen LogP) is 6.77. The Hall–Kier alpha value is -2.61. The Bertz CT molecular complexity index is 1230. The van der Waals surface area contributed by atoms with Crippen molar-refractivity contribution in [2.45, 2.75) is 31.2 Å². The van der Waals surface area contributed by atoms with Gasteiger partial charge in [-0.25, -0.2) is 4.98 Å². The van der Waals surface area contributed by atoms with E-state index in [4.69, 9.17) is 21.3 Å². The van der Waals surface area contributed by atoms with Gasteiger partial charge >= 0.3 is 0 Å². The Kier molecular flexibility index (Phi) is 7.85. The monoisotopic (exact) mass is 497 g/mol. The van der Waals surface area contributed by atoms with Crippen molar-refractivity contribution < 1.29 is 9.53 Å². The zero-order valence-electron chi connectivity index (χ0n) is 18.5. The van der Waals surface area contributed by atoms with Gasteiger partial charge in [0.25, 0.3) is 0 Å². The normalized spacial score (nSPS) is 11.0. The van der Waals surface area contributed by atoms with Gasteiger partial charge in [0.2, 0.25) is 5.91 Å². The number of thioether (sulfide) groups is 1. The Morgan fingerprint density at radius 3 is 2.70 bits per heavy atom. The van der Waals surface area contributed by atoms with Crippen LogP contribution in [0.2, 0.25) is 5.02 Å². The summed E-state index contributed by atoms with van der Waals surface area (Å²) in [6.45, 7) is 2.42. The van der Waals surface area contributed by atoms with Crippen molar-refractivity contribution in [3.05, 3.63) is 77.1 Å². The highest BCUT2D eigenvalue weighted by atomic mass is 35.5. The molecule has 0 fully saturated rings. The van der Waals surface area contributed by atoms with Crippen LogP contribution < -0.4 is 9.64 Å². The van der Waals surface area contributed by atoms with Gasteiger partial charge < -0.3 is 4.74 Å². The molecule has 2 aromatic carbocycles. The van der Waals surface area contributed by atoms with Crippen LogP contribution in [0.3, 0.4) is 0 Å². The minimum atomic E-state index is 0.0352. The van der Waals surface area contributed by atoms with E-state index >= 15 is 0 Å². The maximum absolute atomic E-state index is 13.3. The van der Waals surface area contributed by atoms with Crippen LogP contribution in [0.1, 0.15) is 24.1 Å². The van der Waals surface area contributed by atoms with E-state index in [1.54, 1.807) is 30.0 Å². The molecule has 4 aromatic rings. The molecule has 5 nitrogen and oxygen atoms in total. The minimum absolute atomic E-state index is 0.0352. The van der Waals surface area contributed by atoms with Crippen LogP contribution in [0, 0.1) is 6.92 Å². The smallest absolute Gasteiger partial charge is 0.229 e. The fourth-order valence-electron chi connectivity index (χ4n) is 3.37. The lowest BCUT2D eigenvalue weighted by Crippen LogP contribution is -2.30. The van der Waals surface area contributed by atoms with Gasteiger partial charge in [0.15, 0.2) is 5.13 Å². The Morgan fingerprint density at radius 2 is 1.97 bits per heavy atom. The van der Waals surface area contributed by atoms with Gasteiger partial charge in [0.05, 0.1) is 24.0 Å². The van der Waals surface area contributed by atoms with Crippen molar-refractivity contribution in [1.29, 1.82) is 0 Å². The zero-order chi connectivity index (χ0) is 23.2. The molecule has 0 unspecified atom stereocenters. The average Bonchev–Trinajstić information content (AvgIpc) is 3.28. The first-order valence-electron chi connectivity index (χ1n) is 10.6. The lowest BCUT2D eigenvalue weighted by Gasteiger charge is -2.19. The molecule has 0 saturated carbocycles. The molecule has 0 atom stereocenters. The molecule has 0 aliphatic rings. The van der Waals surface area contributed by atoms with Gasteiger partial charge in [-0.2, -0.15) is 0 Å². The number of rotatable bonds is 9. The first-order valence-corrected chi connectivity index (χ1v) is 12.8. The summed E-state index contributed by atoms with van der Waals surface area (Å²) < 4.78 is 6.53. The van der Waals surface area contributed by atoms with Crippen molar-refractivity contribution in [3.63, 3.8) is 0 Å². The van der Waals surface area contributed by atoms with Crippen LogP contribution >= 0.6 is 34.7 Å². The highest BCUT2D eigenvalue weighted by Crippen LogP contribution is 2.37. The third kappa shape index (κ3) is 5.85. The third-order valence-corrected chi connectivity index (χ3v) is 7.67. The molecule has 1 amide bonds. The Balaban J connectivity index is 1.52. The number of carbonyl (C=O) groups excluding carboxylic acids is 1. The summed E-state index contributed by atoms with van der Waals surface area (Å²) in [4.78, 5) is 25.4. The molecule has 0 saturated heterocycles. The molecule has 0 N–H and O–H groups in total. The number of fused-ring (bicyclic) bond motifs is 1. The van der Waals surface area contributed by atoms with Crippen molar-refractivity contribution >= 4 is 56.0 Å². The van der Waals surface area contributed by atoms with Gasteiger partial charge in [-0.1, -0.05) is 35.1 Å². The number of ether oxygens (including phenoxy) is 1. The van der Waals surface area contributed by atoms with Crippen LogP contribution in [-0.4, -0.2) is 28.7 Å². The standard InChI is InChI=1S/C25H24ClN3O2S2/c1-17-8-13-21(31-2)23-24(17)33-25(28-23)29(16-19-6-3-4-14-27-19)22(30)7-5-15-32-20-11-9-18(26)10-12-20/h3-4,6,8-14H,5,7,15-16H2,1-2H3. The largest absolute Gasteiger partial charge is 0.494 e. The number of carbonyl (C=O) groups is 1. The molecule has 170 valence electrons. The summed E-state index contributed by atoms with van der Waals surface area (Å²) in [6, 6.07) is 17.4. The molecule has 2 heterocycles. The summed E-state index contributed by atoms with van der Waals surface area (Å²) >= 11 is 9.19. The van der Waals surface area contributed by atoms with E-state index in [9.17, 15) is 4.79 Å². The fraction of sp³-hybridized carbons (Fsp3) is 0.240. The molecule has 0 bridgehead atoms. The van der Waals surface area contributed by atoms with E-state index in [2.05, 4.69) is 4.98 Å². The van der Waals surface area contributed by atoms with Crippen molar-refractivity contribution in [3.8, 4) is 5.75 Å². The molecule has 0 radical (unpaired) electrons. The topological polar surface area (TPSA) is 55.3 Å². The maximum Gasteiger partial charge on any atom is 0.229 e. The Labute approximate surface area is 206 Å². The average molecular weight is 498 g/mol. The number of pyridine rings is 1. The first kappa shape index (κ1) is 23.5. The summed E-state index contributed by atoms with van der Waals surface area (Å²) in [5, 5.41) is 1.39. The number of hydrogen-bond acceptors (Lipinski definition) is 6. The fourth-order valence-corrected chi connectivity index (χ4v) is 5.42. The third-order valence-electron chi connectivity index (χ3n) is 5.11. The predicted molar refractivity (Wildman–Crippen MR) is 138 cm³/mol. The van der Waals surface area contributed by atoms with Gasteiger partial charge in [-0.05, 0) is 67.1 Å². The number of benzene rings is 2. The van der Waals surface area contributed by atoms with Crippen molar-refractivity contribution in [2.24, 2.45) is 0 Å². The number of amides is 1. The van der Waals surface area contributed by atoms with Crippen LogP contribution in [0.4, 0.5) is 5.13 Å². The second kappa shape index (κ2) is 11.0. The molecule has 4 rings (SSSR count). The SMILES string of the molecule is COc1ccc(C)c2sc(N(Cc3ccccn3)C(=O)CCCSc3ccc(Cl)cc3)nc12. The second-order valence-corrected chi connectivity index (χ2v) is 10.0.